The lowest BCUT2D eigenvalue weighted by molar-refractivity contribution is -0.130. The van der Waals surface area contributed by atoms with Gasteiger partial charge in [-0.3, -0.25) is 4.79 Å². The van der Waals surface area contributed by atoms with Crippen molar-refractivity contribution in [2.75, 3.05) is 13.1 Å². The molecule has 0 unspecified atom stereocenters. The quantitative estimate of drug-likeness (QED) is 0.816. The highest BCUT2D eigenvalue weighted by atomic mass is 16.2. The summed E-state index contributed by atoms with van der Waals surface area (Å²) >= 11 is 0. The number of hydrogen-bond acceptors (Lipinski definition) is 2. The van der Waals surface area contributed by atoms with Crippen molar-refractivity contribution >= 4 is 5.91 Å². The van der Waals surface area contributed by atoms with Gasteiger partial charge in [-0.05, 0) is 30.5 Å². The zero-order valence-corrected chi connectivity index (χ0v) is 11.3. The van der Waals surface area contributed by atoms with E-state index in [1.54, 1.807) is 12.1 Å². The number of nitriles is 1. The van der Waals surface area contributed by atoms with Crippen LogP contribution >= 0.6 is 0 Å². The Balaban J connectivity index is 1.93. The topological polar surface area (TPSA) is 44.1 Å². The summed E-state index contributed by atoms with van der Waals surface area (Å²) in [5.41, 5.74) is 1.63. The molecule has 0 radical (unpaired) electrons. The van der Waals surface area contributed by atoms with E-state index in [1.165, 1.54) is 19.3 Å². The van der Waals surface area contributed by atoms with Crippen LogP contribution in [0.1, 0.15) is 43.2 Å². The summed E-state index contributed by atoms with van der Waals surface area (Å²) in [5.74, 6) is 0.214. The highest BCUT2D eigenvalue weighted by Crippen LogP contribution is 2.12. The first kappa shape index (κ1) is 13.6. The van der Waals surface area contributed by atoms with Crippen molar-refractivity contribution in [2.24, 2.45) is 0 Å². The summed E-state index contributed by atoms with van der Waals surface area (Å²) in [4.78, 5) is 14.2. The van der Waals surface area contributed by atoms with Gasteiger partial charge in [0, 0.05) is 13.1 Å². The molecule has 0 saturated carbocycles. The largest absolute Gasteiger partial charge is 0.342 e. The lowest BCUT2D eigenvalue weighted by atomic mass is 10.1. The molecule has 1 amide bonds. The van der Waals surface area contributed by atoms with Gasteiger partial charge in [0.15, 0.2) is 0 Å². The van der Waals surface area contributed by atoms with Gasteiger partial charge in [-0.1, -0.05) is 31.4 Å². The summed E-state index contributed by atoms with van der Waals surface area (Å²) in [7, 11) is 0. The van der Waals surface area contributed by atoms with E-state index >= 15 is 0 Å². The summed E-state index contributed by atoms with van der Waals surface area (Å²) in [6.07, 6.45) is 6.48. The van der Waals surface area contributed by atoms with Gasteiger partial charge in [-0.25, -0.2) is 0 Å². The second-order valence-electron chi connectivity index (χ2n) is 5.13. The van der Waals surface area contributed by atoms with Crippen LogP contribution in [0.3, 0.4) is 0 Å². The summed E-state index contributed by atoms with van der Waals surface area (Å²) < 4.78 is 0. The molecule has 19 heavy (non-hydrogen) atoms. The van der Waals surface area contributed by atoms with Crippen LogP contribution in [0.2, 0.25) is 0 Å². The second-order valence-corrected chi connectivity index (χ2v) is 5.13. The number of likely N-dealkylation sites (tertiary alicyclic amines) is 1. The number of rotatable bonds is 2. The van der Waals surface area contributed by atoms with Crippen LogP contribution < -0.4 is 0 Å². The highest BCUT2D eigenvalue weighted by molar-refractivity contribution is 5.78. The minimum absolute atomic E-state index is 0.214. The van der Waals surface area contributed by atoms with Gasteiger partial charge < -0.3 is 4.90 Å². The third-order valence-electron chi connectivity index (χ3n) is 3.65. The molecule has 1 aromatic rings. The molecule has 0 atom stereocenters. The molecule has 100 valence electrons. The average Bonchev–Trinajstić information content (AvgIpc) is 2.39. The molecular formula is C16H20N2O. The molecule has 3 nitrogen and oxygen atoms in total. The van der Waals surface area contributed by atoms with E-state index < -0.39 is 0 Å². The third-order valence-corrected chi connectivity index (χ3v) is 3.65. The van der Waals surface area contributed by atoms with Gasteiger partial charge in [0.05, 0.1) is 18.1 Å². The minimum atomic E-state index is 0.214. The SMILES string of the molecule is N#Cc1ccc(CC(=O)N2CCCCCCC2)cc1. The predicted molar refractivity (Wildman–Crippen MR) is 74.5 cm³/mol. The van der Waals surface area contributed by atoms with Crippen LogP contribution in [0.25, 0.3) is 0 Å². The molecule has 1 fully saturated rings. The Hall–Kier alpha value is -1.82. The monoisotopic (exact) mass is 256 g/mol. The minimum Gasteiger partial charge on any atom is -0.342 e. The van der Waals surface area contributed by atoms with E-state index in [0.29, 0.717) is 12.0 Å². The first-order chi connectivity index (χ1) is 9.29. The van der Waals surface area contributed by atoms with Crippen LogP contribution in [0.5, 0.6) is 0 Å². The summed E-state index contributed by atoms with van der Waals surface area (Å²) in [5, 5.41) is 8.75. The Bertz CT molecular complexity index is 451. The Kier molecular flexibility index (Phi) is 4.97. The number of hydrogen-bond donors (Lipinski definition) is 0. The molecule has 0 aliphatic carbocycles. The third kappa shape index (κ3) is 4.10. The molecule has 0 aromatic heterocycles. The van der Waals surface area contributed by atoms with Crippen molar-refractivity contribution in [1.82, 2.24) is 4.90 Å². The van der Waals surface area contributed by atoms with E-state index in [-0.39, 0.29) is 5.91 Å². The normalized spacial score (nSPS) is 16.3. The molecule has 1 heterocycles. The number of nitrogens with zero attached hydrogens (tertiary/aromatic N) is 2. The summed E-state index contributed by atoms with van der Waals surface area (Å²) in [6.45, 7) is 1.80. The van der Waals surface area contributed by atoms with Crippen LogP contribution in [0.15, 0.2) is 24.3 Å². The van der Waals surface area contributed by atoms with Crippen molar-refractivity contribution in [3.8, 4) is 6.07 Å². The average molecular weight is 256 g/mol. The standard InChI is InChI=1S/C16H20N2O/c17-13-15-8-6-14(7-9-15)12-16(19)18-10-4-2-1-3-5-11-18/h6-9H,1-5,10-12H2. The lowest BCUT2D eigenvalue weighted by Crippen LogP contribution is -2.34. The van der Waals surface area contributed by atoms with Crippen molar-refractivity contribution in [3.05, 3.63) is 35.4 Å². The van der Waals surface area contributed by atoms with Crippen LogP contribution in [0.4, 0.5) is 0 Å². The molecule has 0 spiro atoms. The van der Waals surface area contributed by atoms with Gasteiger partial charge in [0.25, 0.3) is 0 Å². The first-order valence-corrected chi connectivity index (χ1v) is 7.06. The van der Waals surface area contributed by atoms with Crippen LogP contribution in [-0.2, 0) is 11.2 Å². The number of carbonyl (C=O) groups excluding carboxylic acids is 1. The maximum Gasteiger partial charge on any atom is 0.226 e. The van der Waals surface area contributed by atoms with Crippen LogP contribution in [-0.4, -0.2) is 23.9 Å². The maximum absolute atomic E-state index is 12.2. The molecular weight excluding hydrogens is 236 g/mol. The molecule has 1 aliphatic rings. The lowest BCUT2D eigenvalue weighted by Gasteiger charge is -2.24. The Morgan fingerprint density at radius 3 is 2.21 bits per heavy atom. The number of amides is 1. The first-order valence-electron chi connectivity index (χ1n) is 7.06. The van der Waals surface area contributed by atoms with E-state index in [9.17, 15) is 4.79 Å². The zero-order valence-electron chi connectivity index (χ0n) is 11.3. The molecule has 2 rings (SSSR count). The number of carbonyl (C=O) groups is 1. The molecule has 1 saturated heterocycles. The van der Waals surface area contributed by atoms with Crippen LogP contribution in [0, 0.1) is 11.3 Å². The van der Waals surface area contributed by atoms with E-state index in [2.05, 4.69) is 6.07 Å². The summed E-state index contributed by atoms with van der Waals surface area (Å²) in [6, 6.07) is 9.39. The van der Waals surface area contributed by atoms with Crippen molar-refractivity contribution in [3.63, 3.8) is 0 Å². The van der Waals surface area contributed by atoms with Gasteiger partial charge in [0.1, 0.15) is 0 Å². The molecule has 3 heteroatoms. The van der Waals surface area contributed by atoms with Gasteiger partial charge in [-0.15, -0.1) is 0 Å². The fourth-order valence-corrected chi connectivity index (χ4v) is 2.48. The van der Waals surface area contributed by atoms with Crippen molar-refractivity contribution in [1.29, 1.82) is 5.26 Å². The Morgan fingerprint density at radius 1 is 1.05 bits per heavy atom. The Labute approximate surface area is 114 Å². The fourth-order valence-electron chi connectivity index (χ4n) is 2.48. The zero-order chi connectivity index (χ0) is 13.5. The Morgan fingerprint density at radius 2 is 1.63 bits per heavy atom. The maximum atomic E-state index is 12.2. The van der Waals surface area contributed by atoms with Crippen molar-refractivity contribution < 1.29 is 4.79 Å². The van der Waals surface area contributed by atoms with Gasteiger partial charge in [-0.2, -0.15) is 5.26 Å². The smallest absolute Gasteiger partial charge is 0.226 e. The highest BCUT2D eigenvalue weighted by Gasteiger charge is 2.14. The van der Waals surface area contributed by atoms with Gasteiger partial charge in [0.2, 0.25) is 5.91 Å². The molecule has 1 aliphatic heterocycles. The number of benzene rings is 1. The molecule has 0 N–H and O–H groups in total. The fraction of sp³-hybridized carbons (Fsp3) is 0.500. The van der Waals surface area contributed by atoms with E-state index in [4.69, 9.17) is 5.26 Å². The van der Waals surface area contributed by atoms with Crippen molar-refractivity contribution in [2.45, 2.75) is 38.5 Å². The predicted octanol–water partition coefficient (Wildman–Crippen LogP) is 2.89. The van der Waals surface area contributed by atoms with E-state index in [0.717, 1.165) is 31.5 Å². The molecule has 1 aromatic carbocycles. The van der Waals surface area contributed by atoms with Gasteiger partial charge >= 0.3 is 0 Å². The van der Waals surface area contributed by atoms with E-state index in [1.807, 2.05) is 17.0 Å². The second kappa shape index (κ2) is 6.94. The molecule has 0 bridgehead atoms.